The van der Waals surface area contributed by atoms with Gasteiger partial charge in [-0.3, -0.25) is 19.6 Å². The molecular weight excluding hydrogens is 1070 g/mol. The Morgan fingerprint density at radius 3 is 1.50 bits per heavy atom. The van der Waals surface area contributed by atoms with E-state index >= 15 is 0 Å². The highest BCUT2D eigenvalue weighted by Gasteiger charge is 2.43. The van der Waals surface area contributed by atoms with Crippen LogP contribution in [0.15, 0.2) is 126 Å². The van der Waals surface area contributed by atoms with Crippen LogP contribution in [0.2, 0.25) is 0 Å². The van der Waals surface area contributed by atoms with Crippen molar-refractivity contribution in [2.75, 3.05) is 33.5 Å². The molecule has 10 heterocycles. The van der Waals surface area contributed by atoms with Crippen molar-refractivity contribution in [2.24, 2.45) is 22.7 Å². The lowest BCUT2D eigenvalue weighted by molar-refractivity contribution is 0.0972. The maximum Gasteiger partial charge on any atom is 0.281 e. The number of aryl methyl sites for hydroxylation is 1. The van der Waals surface area contributed by atoms with E-state index in [2.05, 4.69) is 125 Å². The minimum Gasteiger partial charge on any atom is -0.362 e. The summed E-state index contributed by atoms with van der Waals surface area (Å²) < 4.78 is 58.0. The first-order valence-corrected chi connectivity index (χ1v) is 31.3. The van der Waals surface area contributed by atoms with Crippen molar-refractivity contribution in [3.63, 3.8) is 0 Å². The summed E-state index contributed by atoms with van der Waals surface area (Å²) in [4.78, 5) is 59.3. The van der Waals surface area contributed by atoms with Gasteiger partial charge in [0.1, 0.15) is 23.3 Å². The summed E-state index contributed by atoms with van der Waals surface area (Å²) in [5.74, 6) is 1.06. The number of hydrogen-bond donors (Lipinski definition) is 4. The molecule has 18 nitrogen and oxygen atoms in total. The molecule has 0 spiro atoms. The highest BCUT2D eigenvalue weighted by atomic mass is 32.2. The summed E-state index contributed by atoms with van der Waals surface area (Å²) in [5.41, 5.74) is 3.30. The summed E-state index contributed by atoms with van der Waals surface area (Å²) in [6, 6.07) is 27.7. The average Bonchev–Trinajstić information content (AvgIpc) is 4.15. The third-order valence-corrected chi connectivity index (χ3v) is 18.0. The Morgan fingerprint density at radius 1 is 0.573 bits per heavy atom. The van der Waals surface area contributed by atoms with Gasteiger partial charge in [0, 0.05) is 42.3 Å². The first kappa shape index (κ1) is 59.3. The van der Waals surface area contributed by atoms with Gasteiger partial charge in [-0.05, 0) is 181 Å². The molecule has 6 aromatic heterocycles. The van der Waals surface area contributed by atoms with Gasteiger partial charge in [-0.25, -0.2) is 29.4 Å². The largest absolute Gasteiger partial charge is 0.362 e. The molecule has 4 N–H and O–H groups in total. The third-order valence-electron chi connectivity index (χ3n) is 15.5. The smallest absolute Gasteiger partial charge is 0.281 e. The molecule has 4 atom stereocenters. The first-order chi connectivity index (χ1) is 38.6. The number of aromatic nitrogens is 6. The number of hydrogen-bond acceptors (Lipinski definition) is 16. The van der Waals surface area contributed by atoms with Crippen molar-refractivity contribution in [1.29, 1.82) is 0 Å². The number of allylic oxidation sites excluding steroid dienone is 1. The van der Waals surface area contributed by atoms with Crippen LogP contribution in [-0.4, -0.2) is 82.7 Å². The molecule has 82 heavy (non-hydrogen) atoms. The molecular formula is C62H78N12O6S2. The second-order valence-corrected chi connectivity index (χ2v) is 28.9. The third kappa shape index (κ3) is 14.5. The van der Waals surface area contributed by atoms with Gasteiger partial charge in [-0.2, -0.15) is 16.8 Å². The van der Waals surface area contributed by atoms with E-state index in [0.29, 0.717) is 47.3 Å². The number of anilines is 4. The molecule has 2 amide bonds. The van der Waals surface area contributed by atoms with Crippen LogP contribution in [0.4, 0.5) is 23.3 Å². The zero-order chi connectivity index (χ0) is 58.8. The predicted octanol–water partition coefficient (Wildman–Crippen LogP) is 11.1. The number of nitrogens with zero attached hydrogens (tertiary/aromatic N) is 8. The molecule has 10 rings (SSSR count). The molecule has 0 aliphatic carbocycles. The average molecular weight is 1150 g/mol. The fourth-order valence-corrected chi connectivity index (χ4v) is 13.2. The molecule has 0 unspecified atom stereocenters. The van der Waals surface area contributed by atoms with Crippen LogP contribution in [0.1, 0.15) is 170 Å². The second kappa shape index (κ2) is 23.5. The molecule has 4 aliphatic rings. The van der Waals surface area contributed by atoms with Gasteiger partial charge in [0.15, 0.2) is 10.1 Å². The Balaban J connectivity index is 0.000000198. The molecule has 0 saturated carbocycles. The van der Waals surface area contributed by atoms with Crippen LogP contribution >= 0.6 is 0 Å². The Hall–Kier alpha value is -7.32. The topological polar surface area (TPSA) is 234 Å². The van der Waals surface area contributed by atoms with Crippen LogP contribution in [0.25, 0.3) is 6.08 Å². The molecule has 0 aromatic carbocycles. The highest BCUT2D eigenvalue weighted by molar-refractivity contribution is 7.90. The van der Waals surface area contributed by atoms with E-state index in [9.17, 15) is 26.4 Å². The number of sulfonamides is 2. The highest BCUT2D eigenvalue weighted by Crippen LogP contribution is 2.43. The summed E-state index contributed by atoms with van der Waals surface area (Å²) in [6.45, 7) is 22.9. The Bertz CT molecular complexity index is 3550. The summed E-state index contributed by atoms with van der Waals surface area (Å²) in [5, 5.41) is 6.33. The zero-order valence-electron chi connectivity index (χ0n) is 48.8. The summed E-state index contributed by atoms with van der Waals surface area (Å²) >= 11 is 0. The van der Waals surface area contributed by atoms with Gasteiger partial charge in [-0.1, -0.05) is 71.9 Å². The van der Waals surface area contributed by atoms with Gasteiger partial charge in [-0.15, -0.1) is 0 Å². The van der Waals surface area contributed by atoms with E-state index in [1.807, 2.05) is 48.5 Å². The maximum atomic E-state index is 13.6. The van der Waals surface area contributed by atoms with Crippen molar-refractivity contribution in [3.05, 3.63) is 149 Å². The van der Waals surface area contributed by atoms with Gasteiger partial charge in [0.05, 0.1) is 40.3 Å². The van der Waals surface area contributed by atoms with Gasteiger partial charge >= 0.3 is 0 Å². The predicted molar refractivity (Wildman–Crippen MR) is 321 cm³/mol. The van der Waals surface area contributed by atoms with E-state index < -0.39 is 31.9 Å². The van der Waals surface area contributed by atoms with E-state index in [1.165, 1.54) is 12.1 Å². The standard InChI is InChI=1S/C31H40N6O3S.C31H38N6O3S/c2*1-30(2,3)17-16-22-13-14-23-28(33-22)37-20-21(19-31(37,4)5)12-15-25(24-9-6-7-18-32-24)34-26-10-8-11-27(35-26)41(39,40)36-29(23)38/h6-11,13-14,18,21,25H,12,15-17,19-20H2,1-5H3,(H,34,35)(H,36,38);6-11,13-14,16-18,21,25H,12,15,19-20H2,1-5H3,(H,34,35)(H,36,38)/b;17-16+/t2*21-,25+/m00/s1. The molecule has 0 radical (unpaired) electrons. The van der Waals surface area contributed by atoms with Crippen LogP contribution < -0.4 is 29.9 Å². The van der Waals surface area contributed by atoms with Crippen molar-refractivity contribution < 1.29 is 26.4 Å². The number of pyridine rings is 6. The number of rotatable bonds is 5. The fraction of sp³-hybridized carbons (Fsp3) is 0.452. The van der Waals surface area contributed by atoms with Gasteiger partial charge < -0.3 is 20.4 Å². The van der Waals surface area contributed by atoms with E-state index in [4.69, 9.17) is 9.97 Å². The van der Waals surface area contributed by atoms with Gasteiger partial charge in [0.2, 0.25) is 0 Å². The van der Waals surface area contributed by atoms with E-state index in [-0.39, 0.29) is 55.2 Å². The Labute approximate surface area is 484 Å². The Kier molecular flexibility index (Phi) is 17.0. The lowest BCUT2D eigenvalue weighted by Gasteiger charge is -2.34. The number of nitrogens with one attached hydrogen (secondary N) is 4. The SMILES string of the molecule is CC(C)(C)/C=C/c1ccc2c(n1)N1C[C@@H](CC[C@H](c3ccccn3)Nc3cccc(n3)S(=O)(=O)NC2=O)CC1(C)C.CC(C)(C)CCc1ccc2c(n1)N1C[C@@H](CC[C@H](c3ccccn3)Nc3cccc(n3)S(=O)(=O)NC2=O)CC1(C)C. The van der Waals surface area contributed by atoms with Crippen molar-refractivity contribution in [2.45, 2.75) is 154 Å². The number of fused-ring (bicyclic) bond motifs is 12. The number of carbonyl (C=O) groups is 2. The Morgan fingerprint density at radius 2 is 1.05 bits per heavy atom. The zero-order valence-corrected chi connectivity index (χ0v) is 50.4. The monoisotopic (exact) mass is 1150 g/mol. The van der Waals surface area contributed by atoms with Crippen molar-refractivity contribution >= 4 is 61.2 Å². The molecule has 2 saturated heterocycles. The summed E-state index contributed by atoms with van der Waals surface area (Å²) in [7, 11) is -8.51. The van der Waals surface area contributed by atoms with Crippen LogP contribution in [-0.2, 0) is 26.5 Å². The fourth-order valence-electron chi connectivity index (χ4n) is 11.4. The maximum absolute atomic E-state index is 13.6. The quantitative estimate of drug-likeness (QED) is 0.126. The summed E-state index contributed by atoms with van der Waals surface area (Å²) in [6.07, 6.45) is 14.4. The molecule has 4 aliphatic heterocycles. The molecule has 20 heteroatoms. The number of amides is 2. The molecule has 8 bridgehead atoms. The number of carbonyl (C=O) groups excluding carboxylic acids is 2. The molecule has 6 aromatic rings. The van der Waals surface area contributed by atoms with E-state index in [0.717, 1.165) is 75.0 Å². The minimum atomic E-state index is -4.26. The van der Waals surface area contributed by atoms with Crippen LogP contribution in [0, 0.1) is 22.7 Å². The lowest BCUT2D eigenvalue weighted by Crippen LogP contribution is -2.41. The first-order valence-electron chi connectivity index (χ1n) is 28.3. The normalized spacial score (nSPS) is 22.2. The van der Waals surface area contributed by atoms with Crippen molar-refractivity contribution in [1.82, 2.24) is 39.3 Å². The van der Waals surface area contributed by atoms with Crippen molar-refractivity contribution in [3.8, 4) is 0 Å². The van der Waals surface area contributed by atoms with Crippen LogP contribution in [0.5, 0.6) is 0 Å². The minimum absolute atomic E-state index is 0.0457. The lowest BCUT2D eigenvalue weighted by atomic mass is 9.89. The molecule has 434 valence electrons. The second-order valence-electron chi connectivity index (χ2n) is 25.7. The molecule has 2 fully saturated rings. The van der Waals surface area contributed by atoms with Gasteiger partial charge in [0.25, 0.3) is 31.9 Å². The van der Waals surface area contributed by atoms with E-state index in [1.54, 1.807) is 54.9 Å². The van der Waals surface area contributed by atoms with Crippen LogP contribution in [0.3, 0.4) is 0 Å².